The van der Waals surface area contributed by atoms with Crippen LogP contribution in [0.2, 0.25) is 0 Å². The Labute approximate surface area is 119 Å². The highest BCUT2D eigenvalue weighted by molar-refractivity contribution is 7.91. The molecule has 1 aromatic carbocycles. The van der Waals surface area contributed by atoms with E-state index >= 15 is 0 Å². The summed E-state index contributed by atoms with van der Waals surface area (Å²) in [7, 11) is -1.33. The number of methoxy groups -OCH3 is 1. The summed E-state index contributed by atoms with van der Waals surface area (Å²) in [4.78, 5) is 11.8. The molecule has 1 aliphatic heterocycles. The predicted octanol–water partition coefficient (Wildman–Crippen LogP) is 1.14. The summed E-state index contributed by atoms with van der Waals surface area (Å²) in [5, 5.41) is 2.81. The number of amides is 1. The van der Waals surface area contributed by atoms with Crippen LogP contribution in [0, 0.1) is 5.92 Å². The molecule has 6 heteroatoms. The van der Waals surface area contributed by atoms with E-state index in [1.54, 1.807) is 7.11 Å². The lowest BCUT2D eigenvalue weighted by Crippen LogP contribution is -2.25. The molecule has 5 nitrogen and oxygen atoms in total. The Morgan fingerprint density at radius 1 is 1.40 bits per heavy atom. The van der Waals surface area contributed by atoms with Crippen molar-refractivity contribution in [1.82, 2.24) is 5.32 Å². The summed E-state index contributed by atoms with van der Waals surface area (Å²) < 4.78 is 27.9. The first-order chi connectivity index (χ1) is 9.50. The fraction of sp³-hybridized carbons (Fsp3) is 0.500. The van der Waals surface area contributed by atoms with Crippen molar-refractivity contribution < 1.29 is 17.9 Å². The van der Waals surface area contributed by atoms with Crippen molar-refractivity contribution >= 4 is 15.7 Å². The molecule has 20 heavy (non-hydrogen) atoms. The molecule has 2 rings (SSSR count). The van der Waals surface area contributed by atoms with Gasteiger partial charge in [0, 0.05) is 18.5 Å². The normalized spacial score (nSPS) is 20.6. The van der Waals surface area contributed by atoms with Gasteiger partial charge in [-0.2, -0.15) is 0 Å². The van der Waals surface area contributed by atoms with Crippen LogP contribution in [-0.4, -0.2) is 32.9 Å². The van der Waals surface area contributed by atoms with Crippen molar-refractivity contribution in [3.05, 3.63) is 29.8 Å². The van der Waals surface area contributed by atoms with Crippen molar-refractivity contribution in [3.8, 4) is 5.75 Å². The topological polar surface area (TPSA) is 72.5 Å². The minimum atomic E-state index is -2.92. The van der Waals surface area contributed by atoms with Gasteiger partial charge in [-0.05, 0) is 18.4 Å². The summed E-state index contributed by atoms with van der Waals surface area (Å²) in [5.41, 5.74) is 0.905. The van der Waals surface area contributed by atoms with Crippen LogP contribution in [0.3, 0.4) is 0 Å². The van der Waals surface area contributed by atoms with Gasteiger partial charge in [0.25, 0.3) is 0 Å². The summed E-state index contributed by atoms with van der Waals surface area (Å²) in [6.07, 6.45) is 0.860. The summed E-state index contributed by atoms with van der Waals surface area (Å²) in [5.74, 6) is 0.916. The zero-order valence-electron chi connectivity index (χ0n) is 11.5. The maximum Gasteiger partial charge on any atom is 0.220 e. The number of sulfone groups is 1. The Kier molecular flexibility index (Phi) is 4.65. The summed E-state index contributed by atoms with van der Waals surface area (Å²) in [6, 6.07) is 7.48. The SMILES string of the molecule is COc1ccccc1CNC(=O)CC1CCS(=O)(=O)C1. The number of carbonyl (C=O) groups excluding carboxylic acids is 1. The maximum atomic E-state index is 11.8. The largest absolute Gasteiger partial charge is 0.496 e. The second kappa shape index (κ2) is 6.26. The van der Waals surface area contributed by atoms with Crippen molar-refractivity contribution in [1.29, 1.82) is 0 Å². The monoisotopic (exact) mass is 297 g/mol. The molecular formula is C14H19NO4S. The van der Waals surface area contributed by atoms with Crippen LogP contribution in [0.4, 0.5) is 0 Å². The number of hydrogen-bond acceptors (Lipinski definition) is 4. The molecule has 1 atom stereocenters. The molecule has 1 fully saturated rings. The Morgan fingerprint density at radius 2 is 2.15 bits per heavy atom. The van der Waals surface area contributed by atoms with E-state index in [0.717, 1.165) is 11.3 Å². The zero-order chi connectivity index (χ0) is 14.6. The van der Waals surface area contributed by atoms with E-state index in [0.29, 0.717) is 13.0 Å². The molecule has 110 valence electrons. The molecule has 1 saturated heterocycles. The van der Waals surface area contributed by atoms with Crippen molar-refractivity contribution in [2.24, 2.45) is 5.92 Å². The van der Waals surface area contributed by atoms with E-state index in [2.05, 4.69) is 5.32 Å². The highest BCUT2D eigenvalue weighted by atomic mass is 32.2. The molecule has 1 aromatic rings. The molecule has 1 N–H and O–H groups in total. The number of rotatable bonds is 5. The average molecular weight is 297 g/mol. The minimum Gasteiger partial charge on any atom is -0.496 e. The standard InChI is InChI=1S/C14H19NO4S/c1-19-13-5-3-2-4-12(13)9-15-14(16)8-11-6-7-20(17,18)10-11/h2-5,11H,6-10H2,1H3,(H,15,16). The third-order valence-corrected chi connectivity index (χ3v) is 5.31. The zero-order valence-corrected chi connectivity index (χ0v) is 12.3. The molecule has 0 spiro atoms. The Hall–Kier alpha value is -1.56. The third-order valence-electron chi connectivity index (χ3n) is 3.47. The van der Waals surface area contributed by atoms with Crippen molar-refractivity contribution in [2.45, 2.75) is 19.4 Å². The first-order valence-corrected chi connectivity index (χ1v) is 8.41. The summed E-state index contributed by atoms with van der Waals surface area (Å²) >= 11 is 0. The van der Waals surface area contributed by atoms with E-state index in [9.17, 15) is 13.2 Å². The molecule has 1 amide bonds. The number of ether oxygens (including phenoxy) is 1. The Bertz CT molecular complexity index is 583. The fourth-order valence-corrected chi connectivity index (χ4v) is 4.27. The number of para-hydroxylation sites is 1. The first kappa shape index (κ1) is 14.8. The van der Waals surface area contributed by atoms with Gasteiger partial charge in [0.2, 0.25) is 5.91 Å². The lowest BCUT2D eigenvalue weighted by molar-refractivity contribution is -0.122. The van der Waals surface area contributed by atoms with Gasteiger partial charge < -0.3 is 10.1 Å². The van der Waals surface area contributed by atoms with E-state index in [1.807, 2.05) is 24.3 Å². The third kappa shape index (κ3) is 3.96. The second-order valence-electron chi connectivity index (χ2n) is 5.06. The minimum absolute atomic E-state index is 0.0438. The van der Waals surface area contributed by atoms with Crippen molar-refractivity contribution in [2.75, 3.05) is 18.6 Å². The van der Waals surface area contributed by atoms with Gasteiger partial charge in [-0.25, -0.2) is 8.42 Å². The lowest BCUT2D eigenvalue weighted by Gasteiger charge is -2.11. The van der Waals surface area contributed by atoms with Gasteiger partial charge in [-0.3, -0.25) is 4.79 Å². The number of benzene rings is 1. The molecule has 1 aliphatic rings. The molecule has 1 heterocycles. The molecule has 0 bridgehead atoms. The molecular weight excluding hydrogens is 278 g/mol. The van der Waals surface area contributed by atoms with Gasteiger partial charge in [0.15, 0.2) is 9.84 Å². The van der Waals surface area contributed by atoms with Crippen LogP contribution in [0.5, 0.6) is 5.75 Å². The molecule has 0 aromatic heterocycles. The highest BCUT2D eigenvalue weighted by Gasteiger charge is 2.29. The van der Waals surface area contributed by atoms with Crippen LogP contribution < -0.4 is 10.1 Å². The average Bonchev–Trinajstić information content (AvgIpc) is 2.76. The van der Waals surface area contributed by atoms with Gasteiger partial charge in [-0.15, -0.1) is 0 Å². The number of carbonyl (C=O) groups is 1. The summed E-state index contributed by atoms with van der Waals surface area (Å²) in [6.45, 7) is 0.391. The molecule has 0 radical (unpaired) electrons. The van der Waals surface area contributed by atoms with Crippen LogP contribution in [0.1, 0.15) is 18.4 Å². The highest BCUT2D eigenvalue weighted by Crippen LogP contribution is 2.22. The van der Waals surface area contributed by atoms with Crippen LogP contribution in [0.15, 0.2) is 24.3 Å². The van der Waals surface area contributed by atoms with Gasteiger partial charge in [0.05, 0.1) is 18.6 Å². The maximum absolute atomic E-state index is 11.8. The van der Waals surface area contributed by atoms with E-state index in [-0.39, 0.29) is 29.8 Å². The number of nitrogens with one attached hydrogen (secondary N) is 1. The van der Waals surface area contributed by atoms with E-state index in [4.69, 9.17) is 4.74 Å². The fourth-order valence-electron chi connectivity index (χ4n) is 2.41. The molecule has 0 aliphatic carbocycles. The van der Waals surface area contributed by atoms with Crippen LogP contribution in [-0.2, 0) is 21.2 Å². The smallest absolute Gasteiger partial charge is 0.220 e. The Balaban J connectivity index is 1.84. The molecule has 0 saturated carbocycles. The van der Waals surface area contributed by atoms with Gasteiger partial charge >= 0.3 is 0 Å². The van der Waals surface area contributed by atoms with Crippen LogP contribution in [0.25, 0.3) is 0 Å². The van der Waals surface area contributed by atoms with Crippen molar-refractivity contribution in [3.63, 3.8) is 0 Å². The number of hydrogen-bond donors (Lipinski definition) is 1. The lowest BCUT2D eigenvalue weighted by atomic mass is 10.0. The molecule has 1 unspecified atom stereocenters. The quantitative estimate of drug-likeness (QED) is 0.884. The Morgan fingerprint density at radius 3 is 2.80 bits per heavy atom. The second-order valence-corrected chi connectivity index (χ2v) is 7.29. The van der Waals surface area contributed by atoms with Crippen LogP contribution >= 0.6 is 0 Å². The van der Waals surface area contributed by atoms with E-state index < -0.39 is 9.84 Å². The predicted molar refractivity (Wildman–Crippen MR) is 76.2 cm³/mol. The van der Waals surface area contributed by atoms with Gasteiger partial charge in [0.1, 0.15) is 5.75 Å². The van der Waals surface area contributed by atoms with Gasteiger partial charge in [-0.1, -0.05) is 18.2 Å². The first-order valence-electron chi connectivity index (χ1n) is 6.59. The van der Waals surface area contributed by atoms with E-state index in [1.165, 1.54) is 0 Å².